The molecule has 0 aliphatic rings. The molecule has 1 atom stereocenters. The van der Waals surface area contributed by atoms with Gasteiger partial charge in [-0.2, -0.15) is 0 Å². The van der Waals surface area contributed by atoms with E-state index in [1.54, 1.807) is 17.1 Å². The van der Waals surface area contributed by atoms with Crippen molar-refractivity contribution in [1.82, 2.24) is 25.3 Å². The van der Waals surface area contributed by atoms with E-state index in [9.17, 15) is 4.79 Å². The highest BCUT2D eigenvalue weighted by Gasteiger charge is 2.19. The van der Waals surface area contributed by atoms with Gasteiger partial charge in [0.15, 0.2) is 5.69 Å². The number of hydrogen-bond acceptors (Lipinski definition) is 5. The molecular formula is C25H25N5O2. The summed E-state index contributed by atoms with van der Waals surface area (Å²) < 4.78 is 7.47. The topological polar surface area (TPSA) is 81.9 Å². The van der Waals surface area contributed by atoms with E-state index < -0.39 is 0 Å². The minimum absolute atomic E-state index is 0.196. The Morgan fingerprint density at radius 1 is 1.06 bits per heavy atom. The van der Waals surface area contributed by atoms with E-state index in [0.29, 0.717) is 18.0 Å². The maximum atomic E-state index is 12.8. The Kier molecular flexibility index (Phi) is 6.26. The van der Waals surface area contributed by atoms with E-state index in [4.69, 9.17) is 4.74 Å². The summed E-state index contributed by atoms with van der Waals surface area (Å²) in [5, 5.41) is 11.3. The van der Waals surface area contributed by atoms with Crippen molar-refractivity contribution in [2.24, 2.45) is 0 Å². The number of ether oxygens (including phenoxy) is 1. The van der Waals surface area contributed by atoms with Gasteiger partial charge in [0.1, 0.15) is 12.4 Å². The van der Waals surface area contributed by atoms with Crippen LogP contribution in [0.1, 0.15) is 45.8 Å². The van der Waals surface area contributed by atoms with E-state index >= 15 is 0 Å². The third-order valence-corrected chi connectivity index (χ3v) is 5.24. The zero-order valence-corrected chi connectivity index (χ0v) is 18.3. The van der Waals surface area contributed by atoms with Gasteiger partial charge >= 0.3 is 0 Å². The van der Waals surface area contributed by atoms with Crippen LogP contribution in [0.5, 0.6) is 5.75 Å². The van der Waals surface area contributed by atoms with Crippen molar-refractivity contribution in [2.75, 3.05) is 0 Å². The number of nitrogens with one attached hydrogen (secondary N) is 1. The predicted octanol–water partition coefficient (Wildman–Crippen LogP) is 4.35. The predicted molar refractivity (Wildman–Crippen MR) is 122 cm³/mol. The minimum atomic E-state index is -0.259. The van der Waals surface area contributed by atoms with Crippen LogP contribution in [0, 0.1) is 13.8 Å². The van der Waals surface area contributed by atoms with Gasteiger partial charge in [0, 0.05) is 18.0 Å². The molecule has 4 rings (SSSR count). The Bertz CT molecular complexity index is 1190. The summed E-state index contributed by atoms with van der Waals surface area (Å²) in [4.78, 5) is 16.9. The lowest BCUT2D eigenvalue weighted by molar-refractivity contribution is 0.0934. The molecule has 7 nitrogen and oxygen atoms in total. The number of carbonyl (C=O) groups is 1. The number of aryl methyl sites for hydroxylation is 1. The first kappa shape index (κ1) is 21.2. The van der Waals surface area contributed by atoms with Crippen molar-refractivity contribution >= 4 is 5.91 Å². The molecule has 0 fully saturated rings. The summed E-state index contributed by atoms with van der Waals surface area (Å²) in [6.07, 6.45) is 3.52. The fraction of sp³-hybridized carbons (Fsp3) is 0.200. The Morgan fingerprint density at radius 3 is 2.50 bits per heavy atom. The number of amides is 1. The Morgan fingerprint density at radius 2 is 1.81 bits per heavy atom. The monoisotopic (exact) mass is 427 g/mol. The second-order valence-corrected chi connectivity index (χ2v) is 7.68. The summed E-state index contributed by atoms with van der Waals surface area (Å²) in [6, 6.07) is 19.3. The van der Waals surface area contributed by atoms with E-state index in [2.05, 4.69) is 20.6 Å². The highest BCUT2D eigenvalue weighted by Crippen LogP contribution is 2.20. The van der Waals surface area contributed by atoms with Gasteiger partial charge < -0.3 is 10.1 Å². The molecule has 2 aromatic heterocycles. The summed E-state index contributed by atoms with van der Waals surface area (Å²) in [5.74, 6) is 0.498. The second kappa shape index (κ2) is 9.43. The highest BCUT2D eigenvalue weighted by molar-refractivity contribution is 5.93. The third-order valence-electron chi connectivity index (χ3n) is 5.24. The summed E-state index contributed by atoms with van der Waals surface area (Å²) >= 11 is 0. The van der Waals surface area contributed by atoms with Gasteiger partial charge in [-0.05, 0) is 56.7 Å². The van der Waals surface area contributed by atoms with Crippen LogP contribution >= 0.6 is 0 Å². The number of nitrogens with zero attached hydrogens (tertiary/aromatic N) is 4. The number of hydrogen-bond donors (Lipinski definition) is 1. The van der Waals surface area contributed by atoms with Crippen molar-refractivity contribution in [3.8, 4) is 11.4 Å². The maximum Gasteiger partial charge on any atom is 0.274 e. The Hall–Kier alpha value is -4.00. The van der Waals surface area contributed by atoms with E-state index in [0.717, 1.165) is 28.1 Å². The minimum Gasteiger partial charge on any atom is -0.489 e. The molecular weight excluding hydrogens is 402 g/mol. The smallest absolute Gasteiger partial charge is 0.274 e. The van der Waals surface area contributed by atoms with Gasteiger partial charge in [-0.3, -0.25) is 9.78 Å². The third kappa shape index (κ3) is 4.83. The molecule has 1 N–H and O–H groups in total. The first-order chi connectivity index (χ1) is 15.5. The number of pyridine rings is 1. The molecule has 1 unspecified atom stereocenters. The molecule has 0 saturated carbocycles. The first-order valence-corrected chi connectivity index (χ1v) is 10.4. The fourth-order valence-corrected chi connectivity index (χ4v) is 3.32. The second-order valence-electron chi connectivity index (χ2n) is 7.68. The molecule has 32 heavy (non-hydrogen) atoms. The van der Waals surface area contributed by atoms with Crippen molar-refractivity contribution in [2.45, 2.75) is 33.4 Å². The lowest BCUT2D eigenvalue weighted by Crippen LogP contribution is -2.27. The standard InChI is InChI=1S/C25H25N5O2/c1-17-6-10-22(11-7-17)30-19(3)24(28-29-30)25(31)27-18(2)21-8-12-23(13-9-21)32-16-20-5-4-14-26-15-20/h4-15,18H,16H2,1-3H3,(H,27,31). The Labute approximate surface area is 187 Å². The molecule has 0 aliphatic carbocycles. The molecule has 162 valence electrons. The number of rotatable bonds is 7. The van der Waals surface area contributed by atoms with Gasteiger partial charge in [0.25, 0.3) is 5.91 Å². The molecule has 7 heteroatoms. The van der Waals surface area contributed by atoms with E-state index in [1.165, 1.54) is 0 Å². The average molecular weight is 428 g/mol. The van der Waals surface area contributed by atoms with Crippen LogP contribution in [0.4, 0.5) is 0 Å². The summed E-state index contributed by atoms with van der Waals surface area (Å²) in [6.45, 7) is 6.25. The van der Waals surface area contributed by atoms with Gasteiger partial charge in [0.05, 0.1) is 17.4 Å². The van der Waals surface area contributed by atoms with Crippen molar-refractivity contribution in [3.05, 3.63) is 101 Å². The van der Waals surface area contributed by atoms with Crippen LogP contribution in [0.2, 0.25) is 0 Å². The van der Waals surface area contributed by atoms with Gasteiger partial charge in [-0.25, -0.2) is 4.68 Å². The number of benzene rings is 2. The van der Waals surface area contributed by atoms with Crippen LogP contribution in [0.3, 0.4) is 0 Å². The van der Waals surface area contributed by atoms with Crippen LogP contribution in [0.15, 0.2) is 73.1 Å². The van der Waals surface area contributed by atoms with Crippen molar-refractivity contribution in [1.29, 1.82) is 0 Å². The SMILES string of the molecule is Cc1ccc(-n2nnc(C(=O)NC(C)c3ccc(OCc4cccnc4)cc3)c2C)cc1. The summed E-state index contributed by atoms with van der Waals surface area (Å²) in [7, 11) is 0. The molecule has 2 aromatic carbocycles. The molecule has 0 saturated heterocycles. The lowest BCUT2D eigenvalue weighted by Gasteiger charge is -2.14. The van der Waals surface area contributed by atoms with E-state index in [-0.39, 0.29) is 11.9 Å². The molecule has 2 heterocycles. The maximum absolute atomic E-state index is 12.8. The van der Waals surface area contributed by atoms with Crippen LogP contribution in [-0.4, -0.2) is 25.9 Å². The molecule has 0 radical (unpaired) electrons. The quantitative estimate of drug-likeness (QED) is 0.474. The average Bonchev–Trinajstić information content (AvgIpc) is 3.20. The zero-order chi connectivity index (χ0) is 22.5. The molecule has 4 aromatic rings. The van der Waals surface area contributed by atoms with Crippen molar-refractivity contribution in [3.63, 3.8) is 0 Å². The first-order valence-electron chi connectivity index (χ1n) is 10.4. The summed E-state index contributed by atoms with van der Waals surface area (Å²) in [5.41, 5.74) is 5.01. The fourth-order valence-electron chi connectivity index (χ4n) is 3.32. The molecule has 1 amide bonds. The van der Waals surface area contributed by atoms with Crippen LogP contribution < -0.4 is 10.1 Å². The number of carbonyl (C=O) groups excluding carboxylic acids is 1. The van der Waals surface area contributed by atoms with Gasteiger partial charge in [-0.1, -0.05) is 41.1 Å². The highest BCUT2D eigenvalue weighted by atomic mass is 16.5. The van der Waals surface area contributed by atoms with Crippen molar-refractivity contribution < 1.29 is 9.53 Å². The zero-order valence-electron chi connectivity index (χ0n) is 18.3. The molecule has 0 aliphatic heterocycles. The van der Waals surface area contributed by atoms with Crippen LogP contribution in [0.25, 0.3) is 5.69 Å². The lowest BCUT2D eigenvalue weighted by atomic mass is 10.1. The normalized spacial score (nSPS) is 11.7. The molecule has 0 bridgehead atoms. The van der Waals surface area contributed by atoms with Gasteiger partial charge in [-0.15, -0.1) is 5.10 Å². The molecule has 0 spiro atoms. The Balaban J connectivity index is 1.39. The van der Waals surface area contributed by atoms with E-state index in [1.807, 2.05) is 81.4 Å². The largest absolute Gasteiger partial charge is 0.489 e. The van der Waals surface area contributed by atoms with Gasteiger partial charge in [0.2, 0.25) is 0 Å². The van der Waals surface area contributed by atoms with Crippen LogP contribution in [-0.2, 0) is 6.61 Å². The number of aromatic nitrogens is 4.